The molecule has 0 atom stereocenters. The van der Waals surface area contributed by atoms with Gasteiger partial charge in [-0.05, 0) is 80.3 Å². The highest BCUT2D eigenvalue weighted by molar-refractivity contribution is 9.10. The van der Waals surface area contributed by atoms with Gasteiger partial charge in [-0.2, -0.15) is 0 Å². The summed E-state index contributed by atoms with van der Waals surface area (Å²) in [7, 11) is -1.58. The Balaban J connectivity index is 1.37. The molecule has 7 nitrogen and oxygen atoms in total. The molecule has 0 radical (unpaired) electrons. The lowest BCUT2D eigenvalue weighted by Gasteiger charge is -2.19. The predicted octanol–water partition coefficient (Wildman–Crippen LogP) is 5.53. The maximum atomic E-state index is 12.8. The Morgan fingerprint density at radius 1 is 1.06 bits per heavy atom. The normalized spacial score (nSPS) is 12.3. The van der Waals surface area contributed by atoms with Crippen molar-refractivity contribution in [2.24, 2.45) is 0 Å². The van der Waals surface area contributed by atoms with Crippen molar-refractivity contribution in [3.8, 4) is 0 Å². The lowest BCUT2D eigenvalue weighted by atomic mass is 10.1. The van der Waals surface area contributed by atoms with E-state index in [1.807, 2.05) is 64.2 Å². The van der Waals surface area contributed by atoms with Crippen LogP contribution in [0.25, 0.3) is 10.1 Å². The number of thiophene rings is 1. The molecule has 2 aromatic carbocycles. The van der Waals surface area contributed by atoms with Crippen LogP contribution in [0.1, 0.15) is 38.3 Å². The highest BCUT2D eigenvalue weighted by Crippen LogP contribution is 2.38. The first-order chi connectivity index (χ1) is 16.9. The third kappa shape index (κ3) is 8.55. The van der Waals surface area contributed by atoms with Crippen LogP contribution >= 0.6 is 27.3 Å². The molecule has 0 aliphatic carbocycles. The summed E-state index contributed by atoms with van der Waals surface area (Å²) < 4.78 is 35.4. The zero-order chi connectivity index (χ0) is 26.3. The molecule has 1 heterocycles. The van der Waals surface area contributed by atoms with Gasteiger partial charge in [0.2, 0.25) is 0 Å². The fourth-order valence-electron chi connectivity index (χ4n) is 3.58. The van der Waals surface area contributed by atoms with E-state index >= 15 is 0 Å². The number of rotatable bonds is 11. The molecule has 0 saturated heterocycles. The Morgan fingerprint density at radius 2 is 1.72 bits per heavy atom. The number of amides is 1. The van der Waals surface area contributed by atoms with Crippen molar-refractivity contribution in [2.75, 3.05) is 26.7 Å². The third-order valence-corrected chi connectivity index (χ3v) is 9.90. The van der Waals surface area contributed by atoms with E-state index in [0.29, 0.717) is 28.3 Å². The lowest BCUT2D eigenvalue weighted by molar-refractivity contribution is 0.0523. The number of ether oxygens (including phenoxy) is 1. The minimum Gasteiger partial charge on any atom is -0.444 e. The number of benzene rings is 2. The summed E-state index contributed by atoms with van der Waals surface area (Å²) in [5.41, 5.74) is 1.72. The Morgan fingerprint density at radius 3 is 2.39 bits per heavy atom. The van der Waals surface area contributed by atoms with Gasteiger partial charge in [0.1, 0.15) is 9.81 Å². The summed E-state index contributed by atoms with van der Waals surface area (Å²) in [5.74, 6) is 0. The van der Waals surface area contributed by atoms with Crippen LogP contribution in [0, 0.1) is 0 Å². The van der Waals surface area contributed by atoms with Gasteiger partial charge in [0, 0.05) is 29.7 Å². The molecule has 36 heavy (non-hydrogen) atoms. The van der Waals surface area contributed by atoms with E-state index in [1.54, 1.807) is 0 Å². The van der Waals surface area contributed by atoms with E-state index < -0.39 is 21.7 Å². The first kappa shape index (κ1) is 28.6. The van der Waals surface area contributed by atoms with Crippen LogP contribution in [0.15, 0.2) is 57.2 Å². The Kier molecular flexibility index (Phi) is 9.94. The predicted molar refractivity (Wildman–Crippen MR) is 150 cm³/mol. The summed E-state index contributed by atoms with van der Waals surface area (Å²) in [6.07, 6.45) is 1.46. The van der Waals surface area contributed by atoms with E-state index in [9.17, 15) is 13.2 Å². The van der Waals surface area contributed by atoms with Crippen LogP contribution in [-0.2, 0) is 27.7 Å². The first-order valence-electron chi connectivity index (χ1n) is 11.8. The van der Waals surface area contributed by atoms with E-state index in [-0.39, 0.29) is 0 Å². The van der Waals surface area contributed by atoms with Crippen molar-refractivity contribution in [3.63, 3.8) is 0 Å². The maximum absolute atomic E-state index is 12.8. The second-order valence-electron chi connectivity index (χ2n) is 9.68. The molecule has 0 spiro atoms. The summed E-state index contributed by atoms with van der Waals surface area (Å²) in [6.45, 7) is 7.76. The highest BCUT2D eigenvalue weighted by atomic mass is 79.9. The Labute approximate surface area is 226 Å². The van der Waals surface area contributed by atoms with E-state index in [0.717, 1.165) is 35.0 Å². The fourth-order valence-corrected chi connectivity index (χ4v) is 7.48. The summed E-state index contributed by atoms with van der Waals surface area (Å²) in [6, 6.07) is 15.8. The largest absolute Gasteiger partial charge is 0.444 e. The number of sulfonamides is 1. The molecule has 0 unspecified atom stereocenters. The van der Waals surface area contributed by atoms with Crippen molar-refractivity contribution in [1.29, 1.82) is 0 Å². The smallest absolute Gasteiger partial charge is 0.407 e. The van der Waals surface area contributed by atoms with E-state index in [2.05, 4.69) is 43.0 Å². The van der Waals surface area contributed by atoms with Crippen LogP contribution in [0.2, 0.25) is 0 Å². The highest BCUT2D eigenvalue weighted by Gasteiger charge is 2.22. The number of hydrogen-bond donors (Lipinski definition) is 2. The van der Waals surface area contributed by atoms with Gasteiger partial charge in [0.05, 0.1) is 4.47 Å². The molecule has 0 aliphatic heterocycles. The lowest BCUT2D eigenvalue weighted by Crippen LogP contribution is -2.33. The minimum atomic E-state index is -3.57. The van der Waals surface area contributed by atoms with Crippen LogP contribution in [0.4, 0.5) is 4.79 Å². The molecule has 0 saturated carbocycles. The molecular weight excluding hydrogens is 562 g/mol. The van der Waals surface area contributed by atoms with Crippen molar-refractivity contribution in [2.45, 2.75) is 50.0 Å². The number of alkyl carbamates (subject to hydrolysis) is 1. The molecule has 0 bridgehead atoms. The number of fused-ring (bicyclic) bond motifs is 1. The number of hydrogen-bond acceptors (Lipinski definition) is 6. The van der Waals surface area contributed by atoms with Crippen molar-refractivity contribution >= 4 is 53.5 Å². The standard InChI is InChI=1S/C26H34BrN3O4S2/c1-26(2,3)34-25(31)28-18-20-13-11-19(12-14-20)8-7-16-30(4)17-15-29-36(32,33)24-23(27)21-9-5-6-10-22(21)35-24/h5-6,9-14,29H,7-8,15-18H2,1-4H3,(H,28,31). The molecule has 0 aliphatic rings. The van der Waals surface area contributed by atoms with Crippen LogP contribution in [0.5, 0.6) is 0 Å². The van der Waals surface area contributed by atoms with Crippen molar-refractivity contribution in [3.05, 3.63) is 64.1 Å². The molecule has 2 N–H and O–H groups in total. The molecule has 1 aromatic heterocycles. The van der Waals surface area contributed by atoms with Gasteiger partial charge in [-0.15, -0.1) is 11.3 Å². The summed E-state index contributed by atoms with van der Waals surface area (Å²) in [4.78, 5) is 13.9. The average molecular weight is 597 g/mol. The van der Waals surface area contributed by atoms with E-state index in [4.69, 9.17) is 4.74 Å². The Hall–Kier alpha value is -1.98. The maximum Gasteiger partial charge on any atom is 0.407 e. The first-order valence-corrected chi connectivity index (χ1v) is 14.9. The minimum absolute atomic E-state index is 0.316. The average Bonchev–Trinajstić information content (AvgIpc) is 3.15. The number of carbonyl (C=O) groups is 1. The molecule has 3 rings (SSSR count). The molecular formula is C26H34BrN3O4S2. The van der Waals surface area contributed by atoms with Crippen molar-refractivity contribution in [1.82, 2.24) is 14.9 Å². The fraction of sp³-hybridized carbons (Fsp3) is 0.423. The molecule has 1 amide bonds. The molecule has 196 valence electrons. The second kappa shape index (κ2) is 12.5. The number of halogens is 1. The SMILES string of the molecule is CN(CCCc1ccc(CNC(=O)OC(C)(C)C)cc1)CCNS(=O)(=O)c1sc2ccccc2c1Br. The quantitative estimate of drug-likeness (QED) is 0.304. The van der Waals surface area contributed by atoms with Gasteiger partial charge >= 0.3 is 6.09 Å². The number of nitrogens with zero attached hydrogens (tertiary/aromatic N) is 1. The van der Waals surface area contributed by atoms with Gasteiger partial charge in [-0.3, -0.25) is 0 Å². The van der Waals surface area contributed by atoms with Gasteiger partial charge in [-0.1, -0.05) is 42.5 Å². The van der Waals surface area contributed by atoms with Crippen LogP contribution < -0.4 is 10.0 Å². The summed E-state index contributed by atoms with van der Waals surface area (Å²) >= 11 is 4.72. The van der Waals surface area contributed by atoms with Gasteiger partial charge in [-0.25, -0.2) is 17.9 Å². The molecule has 10 heteroatoms. The number of likely N-dealkylation sites (N-methyl/N-ethyl adjacent to an activating group) is 1. The monoisotopic (exact) mass is 595 g/mol. The number of carbonyl (C=O) groups excluding carboxylic acids is 1. The zero-order valence-corrected chi connectivity index (χ0v) is 24.4. The topological polar surface area (TPSA) is 87.7 Å². The molecule has 0 fully saturated rings. The number of aryl methyl sites for hydroxylation is 1. The van der Waals surface area contributed by atoms with Crippen LogP contribution in [0.3, 0.4) is 0 Å². The number of nitrogens with one attached hydrogen (secondary N) is 2. The van der Waals surface area contributed by atoms with Gasteiger partial charge in [0.15, 0.2) is 0 Å². The van der Waals surface area contributed by atoms with Crippen LogP contribution in [-0.4, -0.2) is 51.7 Å². The van der Waals surface area contributed by atoms with Gasteiger partial charge in [0.25, 0.3) is 10.0 Å². The van der Waals surface area contributed by atoms with E-state index in [1.165, 1.54) is 16.9 Å². The third-order valence-electron chi connectivity index (χ3n) is 5.40. The second-order valence-corrected chi connectivity index (χ2v) is 13.5. The zero-order valence-electron chi connectivity index (χ0n) is 21.1. The Bertz CT molecular complexity index is 1270. The molecule has 3 aromatic rings. The van der Waals surface area contributed by atoms with Crippen molar-refractivity contribution < 1.29 is 17.9 Å². The van der Waals surface area contributed by atoms with Gasteiger partial charge < -0.3 is 15.0 Å². The summed E-state index contributed by atoms with van der Waals surface area (Å²) in [5, 5.41) is 3.67.